The minimum Gasteiger partial charge on any atom is -0.489 e. The van der Waals surface area contributed by atoms with Crippen LogP contribution in [0.25, 0.3) is 0 Å². The fraction of sp³-hybridized carbons (Fsp3) is 0.455. The molecule has 0 unspecified atom stereocenters. The summed E-state index contributed by atoms with van der Waals surface area (Å²) >= 11 is 0. The molecule has 3 heteroatoms. The van der Waals surface area contributed by atoms with Crippen LogP contribution in [-0.2, 0) is 13.0 Å². The second kappa shape index (κ2) is 9.02. The van der Waals surface area contributed by atoms with Crippen LogP contribution < -0.4 is 4.74 Å². The molecular formula is C22H30N2O. The summed E-state index contributed by atoms with van der Waals surface area (Å²) in [6, 6.07) is 17.1. The van der Waals surface area contributed by atoms with Crippen molar-refractivity contribution in [1.29, 1.82) is 0 Å². The first-order valence-corrected chi connectivity index (χ1v) is 9.37. The van der Waals surface area contributed by atoms with E-state index in [9.17, 15) is 0 Å². The van der Waals surface area contributed by atoms with Gasteiger partial charge in [0.05, 0.1) is 0 Å². The van der Waals surface area contributed by atoms with E-state index in [-0.39, 0.29) is 0 Å². The van der Waals surface area contributed by atoms with Crippen molar-refractivity contribution in [2.45, 2.75) is 26.4 Å². The average molecular weight is 338 g/mol. The third kappa shape index (κ3) is 5.87. The highest BCUT2D eigenvalue weighted by atomic mass is 16.5. The van der Waals surface area contributed by atoms with Gasteiger partial charge in [-0.3, -0.25) is 0 Å². The first-order chi connectivity index (χ1) is 12.2. The molecule has 134 valence electrons. The zero-order valence-corrected chi connectivity index (χ0v) is 15.6. The molecular weight excluding hydrogens is 308 g/mol. The lowest BCUT2D eigenvalue weighted by Gasteiger charge is -2.32. The Labute approximate surface area is 152 Å². The lowest BCUT2D eigenvalue weighted by Crippen LogP contribution is -2.44. The van der Waals surface area contributed by atoms with E-state index in [1.807, 2.05) is 0 Å². The molecule has 0 bridgehead atoms. The van der Waals surface area contributed by atoms with E-state index in [0.717, 1.165) is 12.2 Å². The summed E-state index contributed by atoms with van der Waals surface area (Å²) in [6.07, 6.45) is 2.37. The number of ether oxygens (including phenoxy) is 1. The highest BCUT2D eigenvalue weighted by molar-refractivity contribution is 5.28. The van der Waals surface area contributed by atoms with Crippen molar-refractivity contribution in [2.75, 3.05) is 39.8 Å². The third-order valence-corrected chi connectivity index (χ3v) is 4.95. The number of nitrogens with zero attached hydrogens (tertiary/aromatic N) is 2. The SMILES string of the molecule is Cc1cccc(COc2ccc(CCCN3CCN(C)CC3)cc2)c1. The van der Waals surface area contributed by atoms with Crippen LogP contribution in [0.3, 0.4) is 0 Å². The third-order valence-electron chi connectivity index (χ3n) is 4.95. The second-order valence-corrected chi connectivity index (χ2v) is 7.17. The summed E-state index contributed by atoms with van der Waals surface area (Å²) in [4.78, 5) is 4.99. The van der Waals surface area contributed by atoms with E-state index in [4.69, 9.17) is 4.74 Å². The van der Waals surface area contributed by atoms with Gasteiger partial charge in [-0.1, -0.05) is 42.0 Å². The van der Waals surface area contributed by atoms with E-state index in [1.54, 1.807) is 0 Å². The molecule has 3 rings (SSSR count). The predicted molar refractivity (Wildman–Crippen MR) is 104 cm³/mol. The Kier molecular flexibility index (Phi) is 6.48. The van der Waals surface area contributed by atoms with Crippen molar-refractivity contribution < 1.29 is 4.74 Å². The molecule has 2 aromatic rings. The molecule has 25 heavy (non-hydrogen) atoms. The van der Waals surface area contributed by atoms with E-state index >= 15 is 0 Å². The zero-order valence-electron chi connectivity index (χ0n) is 15.6. The van der Waals surface area contributed by atoms with Crippen LogP contribution >= 0.6 is 0 Å². The smallest absolute Gasteiger partial charge is 0.119 e. The molecule has 0 saturated carbocycles. The minimum atomic E-state index is 0.629. The van der Waals surface area contributed by atoms with Gasteiger partial charge >= 0.3 is 0 Å². The maximum Gasteiger partial charge on any atom is 0.119 e. The molecule has 1 fully saturated rings. The van der Waals surface area contributed by atoms with Gasteiger partial charge < -0.3 is 14.5 Å². The molecule has 3 nitrogen and oxygen atoms in total. The molecule has 0 atom stereocenters. The van der Waals surface area contributed by atoms with Gasteiger partial charge in [-0.05, 0) is 56.6 Å². The monoisotopic (exact) mass is 338 g/mol. The van der Waals surface area contributed by atoms with E-state index < -0.39 is 0 Å². The van der Waals surface area contributed by atoms with Gasteiger partial charge in [0.1, 0.15) is 12.4 Å². The molecule has 1 saturated heterocycles. The van der Waals surface area contributed by atoms with Crippen molar-refractivity contribution in [3.63, 3.8) is 0 Å². The number of aryl methyl sites for hydroxylation is 2. The van der Waals surface area contributed by atoms with Gasteiger partial charge in [0.2, 0.25) is 0 Å². The van der Waals surface area contributed by atoms with Gasteiger partial charge in [0, 0.05) is 26.2 Å². The largest absolute Gasteiger partial charge is 0.489 e. The molecule has 1 heterocycles. The minimum absolute atomic E-state index is 0.629. The molecule has 0 aliphatic carbocycles. The zero-order chi connectivity index (χ0) is 17.5. The molecule has 0 spiro atoms. The number of benzene rings is 2. The lowest BCUT2D eigenvalue weighted by molar-refractivity contribution is 0.153. The summed E-state index contributed by atoms with van der Waals surface area (Å²) < 4.78 is 5.90. The van der Waals surface area contributed by atoms with Crippen LogP contribution in [0.15, 0.2) is 48.5 Å². The number of rotatable bonds is 7. The van der Waals surface area contributed by atoms with Gasteiger partial charge in [-0.2, -0.15) is 0 Å². The summed E-state index contributed by atoms with van der Waals surface area (Å²) in [6.45, 7) is 8.77. The summed E-state index contributed by atoms with van der Waals surface area (Å²) in [5, 5.41) is 0. The number of hydrogen-bond donors (Lipinski definition) is 0. The van der Waals surface area contributed by atoms with Crippen molar-refractivity contribution in [3.05, 3.63) is 65.2 Å². The Balaban J connectivity index is 1.39. The highest BCUT2D eigenvalue weighted by Gasteiger charge is 2.12. The molecule has 2 aromatic carbocycles. The summed E-state index contributed by atoms with van der Waals surface area (Å²) in [5.41, 5.74) is 3.89. The van der Waals surface area contributed by atoms with Gasteiger partial charge in [-0.15, -0.1) is 0 Å². The van der Waals surface area contributed by atoms with E-state index in [0.29, 0.717) is 6.61 Å². The second-order valence-electron chi connectivity index (χ2n) is 7.17. The van der Waals surface area contributed by atoms with Gasteiger partial charge in [0.25, 0.3) is 0 Å². The van der Waals surface area contributed by atoms with E-state index in [1.165, 1.54) is 55.8 Å². The quantitative estimate of drug-likeness (QED) is 0.765. The van der Waals surface area contributed by atoms with Crippen LogP contribution in [0.2, 0.25) is 0 Å². The van der Waals surface area contributed by atoms with Crippen LogP contribution in [0.5, 0.6) is 5.75 Å². The molecule has 0 aromatic heterocycles. The molecule has 0 amide bonds. The fourth-order valence-electron chi connectivity index (χ4n) is 3.30. The van der Waals surface area contributed by atoms with Gasteiger partial charge in [0.15, 0.2) is 0 Å². The lowest BCUT2D eigenvalue weighted by atomic mass is 10.1. The standard InChI is InChI=1S/C22H30N2O/c1-19-5-3-6-21(17-19)18-25-22-10-8-20(9-11-22)7-4-12-24-15-13-23(2)14-16-24/h3,5-6,8-11,17H,4,7,12-16,18H2,1-2H3. The number of hydrogen-bond acceptors (Lipinski definition) is 3. The average Bonchev–Trinajstić information content (AvgIpc) is 2.63. The molecule has 0 N–H and O–H groups in total. The van der Waals surface area contributed by atoms with E-state index in [2.05, 4.69) is 72.3 Å². The van der Waals surface area contributed by atoms with Crippen molar-refractivity contribution in [1.82, 2.24) is 9.80 Å². The normalized spacial score (nSPS) is 16.1. The fourth-order valence-corrected chi connectivity index (χ4v) is 3.30. The summed E-state index contributed by atoms with van der Waals surface area (Å²) in [7, 11) is 2.21. The van der Waals surface area contributed by atoms with Crippen molar-refractivity contribution in [2.24, 2.45) is 0 Å². The first kappa shape index (κ1) is 18.0. The maximum absolute atomic E-state index is 5.90. The van der Waals surface area contributed by atoms with Crippen LogP contribution in [-0.4, -0.2) is 49.6 Å². The van der Waals surface area contributed by atoms with Crippen LogP contribution in [0.4, 0.5) is 0 Å². The Morgan fingerprint density at radius 3 is 2.40 bits per heavy atom. The number of likely N-dealkylation sites (N-methyl/N-ethyl adjacent to an activating group) is 1. The van der Waals surface area contributed by atoms with Crippen LogP contribution in [0.1, 0.15) is 23.1 Å². The summed E-state index contributed by atoms with van der Waals surface area (Å²) in [5.74, 6) is 0.948. The predicted octanol–water partition coefficient (Wildman–Crippen LogP) is 3.75. The molecule has 1 aliphatic rings. The van der Waals surface area contributed by atoms with Crippen molar-refractivity contribution in [3.8, 4) is 5.75 Å². The van der Waals surface area contributed by atoms with Crippen LogP contribution in [0, 0.1) is 6.92 Å². The topological polar surface area (TPSA) is 15.7 Å². The van der Waals surface area contributed by atoms with Crippen molar-refractivity contribution >= 4 is 0 Å². The Bertz CT molecular complexity index is 645. The molecule has 0 radical (unpaired) electrons. The molecule has 1 aliphatic heterocycles. The van der Waals surface area contributed by atoms with Gasteiger partial charge in [-0.25, -0.2) is 0 Å². The number of piperazine rings is 1. The maximum atomic E-state index is 5.90. The first-order valence-electron chi connectivity index (χ1n) is 9.37. The highest BCUT2D eigenvalue weighted by Crippen LogP contribution is 2.16. The Hall–Kier alpha value is -1.84. The Morgan fingerprint density at radius 2 is 1.68 bits per heavy atom. The Morgan fingerprint density at radius 1 is 0.920 bits per heavy atom.